The predicted molar refractivity (Wildman–Crippen MR) is 90.5 cm³/mol. The summed E-state index contributed by atoms with van der Waals surface area (Å²) in [4.78, 5) is 17.8. The van der Waals surface area contributed by atoms with Gasteiger partial charge in [0.05, 0.1) is 29.0 Å². The van der Waals surface area contributed by atoms with E-state index in [1.165, 1.54) is 0 Å². The van der Waals surface area contributed by atoms with Gasteiger partial charge in [-0.1, -0.05) is 12.1 Å². The quantitative estimate of drug-likeness (QED) is 0.533. The Balaban J connectivity index is 2.15. The molecule has 0 radical (unpaired) electrons. The zero-order chi connectivity index (χ0) is 16.7. The second kappa shape index (κ2) is 5.08. The van der Waals surface area contributed by atoms with Gasteiger partial charge in [0.15, 0.2) is 0 Å². The van der Waals surface area contributed by atoms with E-state index in [0.29, 0.717) is 33.3 Å². The van der Waals surface area contributed by atoms with Gasteiger partial charge in [0.1, 0.15) is 5.69 Å². The zero-order valence-electron chi connectivity index (χ0n) is 12.3. The van der Waals surface area contributed by atoms with E-state index in [-0.39, 0.29) is 5.69 Å². The van der Waals surface area contributed by atoms with Crippen LogP contribution in [-0.2, 0) is 0 Å². The lowest BCUT2D eigenvalue weighted by molar-refractivity contribution is 1.42. The maximum atomic E-state index is 11.5. The largest absolute Gasteiger partial charge is 0.360 e. The SMILES string of the molecule is N#Cc1cccc2[nH]cc(-c3[nH]c4cccc(C#N)c4c3N=O)c12. The summed E-state index contributed by atoms with van der Waals surface area (Å²) in [5.41, 5.74) is 3.68. The van der Waals surface area contributed by atoms with Gasteiger partial charge in [-0.3, -0.25) is 0 Å². The number of nitriles is 2. The fraction of sp³-hybridized carbons (Fsp3) is 0. The summed E-state index contributed by atoms with van der Waals surface area (Å²) in [6.45, 7) is 0. The Morgan fingerprint density at radius 2 is 1.58 bits per heavy atom. The highest BCUT2D eigenvalue weighted by Crippen LogP contribution is 2.41. The van der Waals surface area contributed by atoms with Crippen molar-refractivity contribution in [2.24, 2.45) is 5.18 Å². The van der Waals surface area contributed by atoms with Crippen LogP contribution in [0.15, 0.2) is 47.8 Å². The van der Waals surface area contributed by atoms with Crippen molar-refractivity contribution < 1.29 is 0 Å². The summed E-state index contributed by atoms with van der Waals surface area (Å²) < 4.78 is 0. The van der Waals surface area contributed by atoms with E-state index in [2.05, 4.69) is 27.3 Å². The van der Waals surface area contributed by atoms with Crippen LogP contribution < -0.4 is 0 Å². The summed E-state index contributed by atoms with van der Waals surface area (Å²) in [6.07, 6.45) is 1.73. The van der Waals surface area contributed by atoms with Gasteiger partial charge in [-0.25, -0.2) is 0 Å². The van der Waals surface area contributed by atoms with E-state index in [1.54, 1.807) is 36.5 Å². The van der Waals surface area contributed by atoms with Crippen molar-refractivity contribution in [3.63, 3.8) is 0 Å². The molecule has 24 heavy (non-hydrogen) atoms. The van der Waals surface area contributed by atoms with Gasteiger partial charge in [-0.2, -0.15) is 10.5 Å². The van der Waals surface area contributed by atoms with Gasteiger partial charge in [-0.15, -0.1) is 4.91 Å². The highest BCUT2D eigenvalue weighted by atomic mass is 16.3. The molecule has 0 fully saturated rings. The van der Waals surface area contributed by atoms with Crippen LogP contribution in [0, 0.1) is 27.6 Å². The van der Waals surface area contributed by atoms with Crippen molar-refractivity contribution in [1.29, 1.82) is 10.5 Å². The molecule has 0 unspecified atom stereocenters. The molecule has 4 rings (SSSR count). The lowest BCUT2D eigenvalue weighted by atomic mass is 10.0. The number of benzene rings is 2. The Bertz CT molecular complexity index is 1200. The van der Waals surface area contributed by atoms with Crippen LogP contribution in [0.25, 0.3) is 33.1 Å². The molecular weight excluding hydrogens is 302 g/mol. The minimum atomic E-state index is 0.177. The van der Waals surface area contributed by atoms with Crippen molar-refractivity contribution in [2.45, 2.75) is 0 Å². The van der Waals surface area contributed by atoms with Gasteiger partial charge >= 0.3 is 0 Å². The lowest BCUT2D eigenvalue weighted by Crippen LogP contribution is -1.80. The summed E-state index contributed by atoms with van der Waals surface area (Å²) >= 11 is 0. The topological polar surface area (TPSA) is 109 Å². The van der Waals surface area contributed by atoms with Crippen LogP contribution in [0.1, 0.15) is 11.1 Å². The molecule has 0 saturated heterocycles. The number of nitrogens with zero attached hydrogens (tertiary/aromatic N) is 3. The van der Waals surface area contributed by atoms with E-state index < -0.39 is 0 Å². The molecule has 0 aliphatic heterocycles. The fourth-order valence-electron chi connectivity index (χ4n) is 3.09. The Hall–Kier alpha value is -3.90. The maximum Gasteiger partial charge on any atom is 0.142 e. The third-order valence-corrected chi connectivity index (χ3v) is 4.11. The van der Waals surface area contributed by atoms with E-state index >= 15 is 0 Å². The van der Waals surface area contributed by atoms with Crippen molar-refractivity contribution in [3.8, 4) is 23.4 Å². The molecule has 0 aliphatic carbocycles. The van der Waals surface area contributed by atoms with Crippen molar-refractivity contribution >= 4 is 27.5 Å². The molecule has 2 N–H and O–H groups in total. The number of rotatable bonds is 2. The summed E-state index contributed by atoms with van der Waals surface area (Å²) in [6, 6.07) is 14.8. The van der Waals surface area contributed by atoms with E-state index in [9.17, 15) is 15.4 Å². The number of H-pyrrole nitrogens is 2. The smallest absolute Gasteiger partial charge is 0.142 e. The van der Waals surface area contributed by atoms with Crippen LogP contribution in [-0.4, -0.2) is 9.97 Å². The van der Waals surface area contributed by atoms with Crippen LogP contribution in [0.3, 0.4) is 0 Å². The molecule has 0 spiro atoms. The summed E-state index contributed by atoms with van der Waals surface area (Å²) in [5, 5.41) is 23.0. The third-order valence-electron chi connectivity index (χ3n) is 4.11. The van der Waals surface area contributed by atoms with Crippen molar-refractivity contribution in [3.05, 3.63) is 58.6 Å². The Kier molecular flexibility index (Phi) is 2.91. The first-order chi connectivity index (χ1) is 11.8. The number of aromatic nitrogens is 2. The highest BCUT2D eigenvalue weighted by molar-refractivity contribution is 6.08. The van der Waals surface area contributed by atoms with E-state index in [0.717, 1.165) is 10.9 Å². The average Bonchev–Trinajstić information content (AvgIpc) is 3.21. The van der Waals surface area contributed by atoms with Crippen LogP contribution in [0.4, 0.5) is 5.69 Å². The predicted octanol–water partition coefficient (Wildman–Crippen LogP) is 4.46. The number of fused-ring (bicyclic) bond motifs is 2. The van der Waals surface area contributed by atoms with Gasteiger partial charge < -0.3 is 9.97 Å². The molecule has 0 amide bonds. The molecule has 0 aliphatic rings. The molecule has 2 aromatic heterocycles. The van der Waals surface area contributed by atoms with E-state index in [1.807, 2.05) is 6.07 Å². The number of hydrogen-bond acceptors (Lipinski definition) is 4. The third kappa shape index (κ3) is 1.74. The summed E-state index contributed by atoms with van der Waals surface area (Å²) in [5.74, 6) is 0. The Morgan fingerprint density at radius 3 is 2.25 bits per heavy atom. The molecule has 112 valence electrons. The van der Waals surface area contributed by atoms with Crippen molar-refractivity contribution in [1.82, 2.24) is 9.97 Å². The first-order valence-corrected chi connectivity index (χ1v) is 7.17. The standard InChI is InChI=1S/C18H9N5O/c19-7-10-3-1-5-13-15(10)12(9-21-13)17-18(23-24)16-11(8-20)4-2-6-14(16)22-17/h1-6,9,21-22H. The zero-order valence-corrected chi connectivity index (χ0v) is 12.3. The monoisotopic (exact) mass is 311 g/mol. The molecule has 0 bridgehead atoms. The fourth-order valence-corrected chi connectivity index (χ4v) is 3.09. The molecule has 6 heteroatoms. The first kappa shape index (κ1) is 13.7. The number of aromatic amines is 2. The lowest BCUT2D eigenvalue weighted by Gasteiger charge is -1.99. The molecule has 2 heterocycles. The number of hydrogen-bond donors (Lipinski definition) is 2. The van der Waals surface area contributed by atoms with Gasteiger partial charge in [0.25, 0.3) is 0 Å². The molecule has 4 aromatic rings. The summed E-state index contributed by atoms with van der Waals surface area (Å²) in [7, 11) is 0. The molecule has 6 nitrogen and oxygen atoms in total. The minimum Gasteiger partial charge on any atom is -0.360 e. The number of nitrogens with one attached hydrogen (secondary N) is 2. The first-order valence-electron chi connectivity index (χ1n) is 7.17. The van der Waals surface area contributed by atoms with Crippen molar-refractivity contribution in [2.75, 3.05) is 0 Å². The normalized spacial score (nSPS) is 10.6. The van der Waals surface area contributed by atoms with Gasteiger partial charge in [0.2, 0.25) is 0 Å². The molecular formula is C18H9N5O. The van der Waals surface area contributed by atoms with Crippen LogP contribution in [0.5, 0.6) is 0 Å². The second-order valence-electron chi connectivity index (χ2n) is 5.32. The minimum absolute atomic E-state index is 0.177. The Labute approximate surface area is 135 Å². The van der Waals surface area contributed by atoms with Gasteiger partial charge in [-0.05, 0) is 29.4 Å². The second-order valence-corrected chi connectivity index (χ2v) is 5.32. The maximum absolute atomic E-state index is 11.5. The van der Waals surface area contributed by atoms with E-state index in [4.69, 9.17) is 0 Å². The Morgan fingerprint density at radius 1 is 0.917 bits per heavy atom. The van der Waals surface area contributed by atoms with Crippen LogP contribution in [0.2, 0.25) is 0 Å². The highest BCUT2D eigenvalue weighted by Gasteiger charge is 2.20. The number of nitroso groups, excluding NO2 is 1. The molecule has 2 aromatic carbocycles. The molecule has 0 atom stereocenters. The van der Waals surface area contributed by atoms with Crippen LogP contribution >= 0.6 is 0 Å². The average molecular weight is 311 g/mol. The van der Waals surface area contributed by atoms with Gasteiger partial charge in [0, 0.05) is 33.6 Å². The molecule has 0 saturated carbocycles.